The molecule has 26 heavy (non-hydrogen) atoms. The van der Waals surface area contributed by atoms with Crippen molar-refractivity contribution in [3.05, 3.63) is 48.2 Å². The van der Waals surface area contributed by atoms with E-state index in [1.807, 2.05) is 6.07 Å². The first kappa shape index (κ1) is 18.8. The molecule has 1 aromatic heterocycles. The van der Waals surface area contributed by atoms with Crippen LogP contribution in [0.1, 0.15) is 24.9 Å². The van der Waals surface area contributed by atoms with E-state index in [9.17, 15) is 8.42 Å². The van der Waals surface area contributed by atoms with Gasteiger partial charge in [0.15, 0.2) is 5.03 Å². The Labute approximate surface area is 155 Å². The molecule has 1 aromatic carbocycles. The number of methoxy groups -OCH3 is 1. The normalized spacial score (nSPS) is 17.0. The zero-order valence-corrected chi connectivity index (χ0v) is 16.0. The number of benzene rings is 1. The van der Waals surface area contributed by atoms with Gasteiger partial charge in [0.05, 0.1) is 12.0 Å². The van der Waals surface area contributed by atoms with Crippen molar-refractivity contribution in [2.24, 2.45) is 0 Å². The van der Waals surface area contributed by atoms with Crippen molar-refractivity contribution in [2.75, 3.05) is 33.3 Å². The molecule has 1 atom stereocenters. The van der Waals surface area contributed by atoms with Gasteiger partial charge in [0, 0.05) is 38.4 Å². The van der Waals surface area contributed by atoms with Crippen molar-refractivity contribution in [3.63, 3.8) is 0 Å². The number of sulfone groups is 1. The van der Waals surface area contributed by atoms with Gasteiger partial charge < -0.3 is 10.1 Å². The molecular weight excluding hydrogens is 350 g/mol. The highest BCUT2D eigenvalue weighted by Crippen LogP contribution is 2.27. The Kier molecular flexibility index (Phi) is 5.90. The number of hydrogen-bond donors (Lipinski definition) is 1. The quantitative estimate of drug-likeness (QED) is 0.835. The van der Waals surface area contributed by atoms with Gasteiger partial charge in [-0.15, -0.1) is 0 Å². The van der Waals surface area contributed by atoms with Crippen LogP contribution in [0, 0.1) is 0 Å². The largest absolute Gasteiger partial charge is 0.497 e. The molecule has 0 amide bonds. The van der Waals surface area contributed by atoms with E-state index in [0.717, 1.165) is 38.2 Å². The van der Waals surface area contributed by atoms with E-state index < -0.39 is 9.84 Å². The summed E-state index contributed by atoms with van der Waals surface area (Å²) in [4.78, 5) is 6.88. The molecule has 6 nitrogen and oxygen atoms in total. The van der Waals surface area contributed by atoms with Crippen LogP contribution in [0.3, 0.4) is 0 Å². The van der Waals surface area contributed by atoms with E-state index in [0.29, 0.717) is 5.75 Å². The van der Waals surface area contributed by atoms with Crippen molar-refractivity contribution in [1.29, 1.82) is 0 Å². The summed E-state index contributed by atoms with van der Waals surface area (Å²) in [6, 6.07) is 10.2. The SMILES string of the molecule is CCC(c1ccc(S(=O)(=O)c2cccc(OC)c2)nc1)N1CCNCC1. The van der Waals surface area contributed by atoms with Crippen LogP contribution < -0.4 is 10.1 Å². The minimum atomic E-state index is -3.66. The summed E-state index contributed by atoms with van der Waals surface area (Å²) >= 11 is 0. The predicted molar refractivity (Wildman–Crippen MR) is 100 cm³/mol. The summed E-state index contributed by atoms with van der Waals surface area (Å²) in [6.07, 6.45) is 2.66. The van der Waals surface area contributed by atoms with Crippen molar-refractivity contribution in [3.8, 4) is 5.75 Å². The van der Waals surface area contributed by atoms with E-state index >= 15 is 0 Å². The molecule has 2 heterocycles. The average Bonchev–Trinajstić information content (AvgIpc) is 2.70. The third-order valence-corrected chi connectivity index (χ3v) is 6.42. The second kappa shape index (κ2) is 8.16. The van der Waals surface area contributed by atoms with Crippen LogP contribution in [-0.2, 0) is 9.84 Å². The molecule has 0 saturated carbocycles. The number of nitrogens with zero attached hydrogens (tertiary/aromatic N) is 2. The van der Waals surface area contributed by atoms with Gasteiger partial charge in [-0.25, -0.2) is 13.4 Å². The van der Waals surface area contributed by atoms with Crippen molar-refractivity contribution in [2.45, 2.75) is 29.3 Å². The first-order chi connectivity index (χ1) is 12.6. The minimum Gasteiger partial charge on any atom is -0.497 e. The Morgan fingerprint density at radius 2 is 2.00 bits per heavy atom. The van der Waals surface area contributed by atoms with Gasteiger partial charge in [-0.05, 0) is 36.2 Å². The topological polar surface area (TPSA) is 71.5 Å². The highest BCUT2D eigenvalue weighted by Gasteiger charge is 2.23. The fraction of sp³-hybridized carbons (Fsp3) is 0.421. The molecule has 2 aromatic rings. The Morgan fingerprint density at radius 3 is 2.62 bits per heavy atom. The van der Waals surface area contributed by atoms with Gasteiger partial charge in [0.2, 0.25) is 9.84 Å². The Bertz CT molecular complexity index is 831. The lowest BCUT2D eigenvalue weighted by Gasteiger charge is -2.34. The maximum Gasteiger partial charge on any atom is 0.223 e. The molecule has 0 aliphatic carbocycles. The lowest BCUT2D eigenvalue weighted by Crippen LogP contribution is -2.45. The fourth-order valence-electron chi connectivity index (χ4n) is 3.34. The average molecular weight is 375 g/mol. The Balaban J connectivity index is 1.85. The molecule has 0 bridgehead atoms. The lowest BCUT2D eigenvalue weighted by molar-refractivity contribution is 0.169. The molecular formula is C19H25N3O3S. The third kappa shape index (κ3) is 3.90. The van der Waals surface area contributed by atoms with Crippen LogP contribution in [0.4, 0.5) is 0 Å². The van der Waals surface area contributed by atoms with Gasteiger partial charge in [-0.2, -0.15) is 0 Å². The zero-order chi connectivity index (χ0) is 18.6. The summed E-state index contributed by atoms with van der Waals surface area (Å²) in [5.74, 6) is 0.507. The number of hydrogen-bond acceptors (Lipinski definition) is 6. The summed E-state index contributed by atoms with van der Waals surface area (Å²) in [6.45, 7) is 6.08. The van der Waals surface area contributed by atoms with E-state index in [1.165, 1.54) is 13.2 Å². The highest BCUT2D eigenvalue weighted by molar-refractivity contribution is 7.91. The summed E-state index contributed by atoms with van der Waals surface area (Å²) < 4.78 is 30.8. The molecule has 3 rings (SSSR count). The maximum absolute atomic E-state index is 12.8. The van der Waals surface area contributed by atoms with E-state index in [4.69, 9.17) is 4.74 Å². The number of pyridine rings is 1. The van der Waals surface area contributed by atoms with Crippen LogP contribution in [0.15, 0.2) is 52.5 Å². The van der Waals surface area contributed by atoms with E-state index in [-0.39, 0.29) is 16.0 Å². The molecule has 1 N–H and O–H groups in total. The number of piperazine rings is 1. The number of aromatic nitrogens is 1. The van der Waals surface area contributed by atoms with Gasteiger partial charge in [-0.3, -0.25) is 4.90 Å². The van der Waals surface area contributed by atoms with Crippen molar-refractivity contribution < 1.29 is 13.2 Å². The molecule has 140 valence electrons. The van der Waals surface area contributed by atoms with E-state index in [1.54, 1.807) is 30.5 Å². The van der Waals surface area contributed by atoms with Crippen LogP contribution in [0.2, 0.25) is 0 Å². The highest BCUT2D eigenvalue weighted by atomic mass is 32.2. The molecule has 1 aliphatic heterocycles. The summed E-state index contributed by atoms with van der Waals surface area (Å²) in [7, 11) is -2.15. The van der Waals surface area contributed by atoms with Crippen LogP contribution in [0.25, 0.3) is 0 Å². The summed E-state index contributed by atoms with van der Waals surface area (Å²) in [5, 5.41) is 3.41. The molecule has 1 unspecified atom stereocenters. The molecule has 0 radical (unpaired) electrons. The monoisotopic (exact) mass is 375 g/mol. The molecule has 1 saturated heterocycles. The van der Waals surface area contributed by atoms with Gasteiger partial charge >= 0.3 is 0 Å². The van der Waals surface area contributed by atoms with Gasteiger partial charge in [0.1, 0.15) is 5.75 Å². The molecule has 1 fully saturated rings. The maximum atomic E-state index is 12.8. The zero-order valence-electron chi connectivity index (χ0n) is 15.2. The standard InChI is InChI=1S/C19H25N3O3S/c1-3-18(22-11-9-20-10-12-22)15-7-8-19(21-14-15)26(23,24)17-6-4-5-16(13-17)25-2/h4-8,13-14,18,20H,3,9-12H2,1-2H3. The fourth-order valence-corrected chi connectivity index (χ4v) is 4.54. The Hall–Kier alpha value is -1.96. The van der Waals surface area contributed by atoms with Gasteiger partial charge in [-0.1, -0.05) is 19.1 Å². The molecule has 0 spiro atoms. The second-order valence-electron chi connectivity index (χ2n) is 6.32. The third-order valence-electron chi connectivity index (χ3n) is 4.75. The van der Waals surface area contributed by atoms with E-state index in [2.05, 4.69) is 22.1 Å². The first-order valence-corrected chi connectivity index (χ1v) is 10.3. The van der Waals surface area contributed by atoms with Crippen LogP contribution >= 0.6 is 0 Å². The number of nitrogens with one attached hydrogen (secondary N) is 1. The van der Waals surface area contributed by atoms with Gasteiger partial charge in [0.25, 0.3) is 0 Å². The van der Waals surface area contributed by atoms with Crippen molar-refractivity contribution >= 4 is 9.84 Å². The molecule has 7 heteroatoms. The predicted octanol–water partition coefficient (Wildman–Crippen LogP) is 2.28. The second-order valence-corrected chi connectivity index (χ2v) is 8.22. The summed E-state index contributed by atoms with van der Waals surface area (Å²) in [5.41, 5.74) is 1.05. The first-order valence-electron chi connectivity index (χ1n) is 8.86. The lowest BCUT2D eigenvalue weighted by atomic mass is 10.0. The smallest absolute Gasteiger partial charge is 0.223 e. The van der Waals surface area contributed by atoms with Crippen molar-refractivity contribution in [1.82, 2.24) is 15.2 Å². The number of rotatable bonds is 6. The Morgan fingerprint density at radius 1 is 1.23 bits per heavy atom. The number of ether oxygens (including phenoxy) is 1. The van der Waals surface area contributed by atoms with Crippen LogP contribution in [-0.4, -0.2) is 51.6 Å². The minimum absolute atomic E-state index is 0.0599. The molecule has 1 aliphatic rings. The van der Waals surface area contributed by atoms with Crippen LogP contribution in [0.5, 0.6) is 5.75 Å².